The molecule has 2 atom stereocenters. The zero-order chi connectivity index (χ0) is 18.0. The number of fused-ring (bicyclic) bond motifs is 2. The Morgan fingerprint density at radius 3 is 2.92 bits per heavy atom. The number of carbonyl (C=O) groups excluding carboxylic acids is 1. The van der Waals surface area contributed by atoms with Gasteiger partial charge in [-0.2, -0.15) is 0 Å². The lowest BCUT2D eigenvalue weighted by molar-refractivity contribution is -0.134. The molecule has 0 radical (unpaired) electrons. The molecular weight excluding hydrogens is 326 g/mol. The smallest absolute Gasteiger partial charge is 0.300 e. The van der Waals surface area contributed by atoms with E-state index in [1.54, 1.807) is 6.33 Å². The second-order valence-corrected chi connectivity index (χ2v) is 6.09. The number of hydrogen-bond acceptors (Lipinski definition) is 6. The Balaban J connectivity index is 0.000000415. The highest BCUT2D eigenvalue weighted by Crippen LogP contribution is 2.28. The maximum absolute atomic E-state index is 12.0. The van der Waals surface area contributed by atoms with Crippen molar-refractivity contribution in [2.45, 2.75) is 25.5 Å². The lowest BCUT2D eigenvalue weighted by Gasteiger charge is -2.25. The minimum absolute atomic E-state index is 0.0430. The number of aromatic amines is 1. The Labute approximate surface area is 144 Å². The van der Waals surface area contributed by atoms with Gasteiger partial charge in [-0.05, 0) is 6.07 Å². The average molecular weight is 347 g/mol. The number of amides is 1. The molecule has 0 unspecified atom stereocenters. The van der Waals surface area contributed by atoms with E-state index in [9.17, 15) is 4.79 Å². The van der Waals surface area contributed by atoms with Crippen molar-refractivity contribution >= 4 is 28.7 Å². The third-order valence-electron chi connectivity index (χ3n) is 4.40. The van der Waals surface area contributed by atoms with Crippen molar-refractivity contribution in [2.24, 2.45) is 0 Å². The van der Waals surface area contributed by atoms with Crippen LogP contribution in [0.5, 0.6) is 0 Å². The number of ether oxygens (including phenoxy) is 1. The van der Waals surface area contributed by atoms with E-state index >= 15 is 0 Å². The number of anilines is 1. The summed E-state index contributed by atoms with van der Waals surface area (Å²) in [6, 6.07) is 2.01. The van der Waals surface area contributed by atoms with Gasteiger partial charge in [0, 0.05) is 33.3 Å². The minimum atomic E-state index is -0.833. The van der Waals surface area contributed by atoms with Gasteiger partial charge in [-0.25, -0.2) is 9.97 Å². The first-order chi connectivity index (χ1) is 12.0. The molecule has 2 N–H and O–H groups in total. The zero-order valence-electron chi connectivity index (χ0n) is 14.2. The quantitative estimate of drug-likeness (QED) is 0.772. The molecule has 134 valence electrons. The molecule has 4 rings (SSSR count). The van der Waals surface area contributed by atoms with E-state index < -0.39 is 5.97 Å². The summed E-state index contributed by atoms with van der Waals surface area (Å²) >= 11 is 0. The molecule has 2 aliphatic heterocycles. The number of carboxylic acids is 1. The van der Waals surface area contributed by atoms with Crippen molar-refractivity contribution < 1.29 is 19.4 Å². The fraction of sp³-hybridized carbons (Fsp3) is 0.500. The maximum Gasteiger partial charge on any atom is 0.300 e. The summed E-state index contributed by atoms with van der Waals surface area (Å²) in [6.07, 6.45) is 3.96. The van der Waals surface area contributed by atoms with E-state index in [2.05, 4.69) is 19.9 Å². The highest BCUT2D eigenvalue weighted by molar-refractivity contribution is 5.86. The van der Waals surface area contributed by atoms with Crippen LogP contribution in [0.25, 0.3) is 11.0 Å². The second kappa shape index (κ2) is 7.06. The summed E-state index contributed by atoms with van der Waals surface area (Å²) in [5.74, 6) is 0.194. The molecule has 2 aromatic rings. The predicted octanol–water partition coefficient (Wildman–Crippen LogP) is 0.485. The van der Waals surface area contributed by atoms with Crippen molar-refractivity contribution in [2.75, 3.05) is 31.6 Å². The Morgan fingerprint density at radius 1 is 1.40 bits per heavy atom. The summed E-state index contributed by atoms with van der Waals surface area (Å²) in [7, 11) is 1.86. The first-order valence-electron chi connectivity index (χ1n) is 8.07. The maximum atomic E-state index is 12.0. The molecule has 0 saturated carbocycles. The largest absolute Gasteiger partial charge is 0.481 e. The molecular formula is C16H21N5O4. The molecule has 1 amide bonds. The summed E-state index contributed by atoms with van der Waals surface area (Å²) in [5, 5.41) is 7.42. The number of nitrogens with one attached hydrogen (secondary N) is 1. The first kappa shape index (κ1) is 17.2. The van der Waals surface area contributed by atoms with Crippen LogP contribution in [-0.4, -0.2) is 75.7 Å². The van der Waals surface area contributed by atoms with Crippen LogP contribution in [0.15, 0.2) is 18.6 Å². The van der Waals surface area contributed by atoms with Crippen LogP contribution in [0.2, 0.25) is 0 Å². The number of carbonyl (C=O) groups is 2. The van der Waals surface area contributed by atoms with E-state index in [-0.39, 0.29) is 18.1 Å². The van der Waals surface area contributed by atoms with Crippen molar-refractivity contribution in [3.05, 3.63) is 18.6 Å². The van der Waals surface area contributed by atoms with Crippen LogP contribution in [-0.2, 0) is 14.3 Å². The Kier molecular flexibility index (Phi) is 4.84. The summed E-state index contributed by atoms with van der Waals surface area (Å²) < 4.78 is 5.86. The van der Waals surface area contributed by atoms with Crippen molar-refractivity contribution in [3.8, 4) is 0 Å². The van der Waals surface area contributed by atoms with Gasteiger partial charge in [0.25, 0.3) is 5.97 Å². The molecule has 2 fully saturated rings. The van der Waals surface area contributed by atoms with E-state index in [0.29, 0.717) is 13.0 Å². The number of carboxylic acid groups (broad SMARTS) is 1. The summed E-state index contributed by atoms with van der Waals surface area (Å²) in [4.78, 5) is 36.8. The van der Waals surface area contributed by atoms with Gasteiger partial charge in [0.1, 0.15) is 11.8 Å². The van der Waals surface area contributed by atoms with Crippen molar-refractivity contribution in [1.82, 2.24) is 19.9 Å². The van der Waals surface area contributed by atoms with Crippen LogP contribution < -0.4 is 4.90 Å². The second-order valence-electron chi connectivity index (χ2n) is 6.09. The zero-order valence-corrected chi connectivity index (χ0v) is 14.2. The van der Waals surface area contributed by atoms with Crippen LogP contribution >= 0.6 is 0 Å². The number of H-pyrrole nitrogens is 1. The Morgan fingerprint density at radius 2 is 2.16 bits per heavy atom. The number of aromatic nitrogens is 3. The van der Waals surface area contributed by atoms with Crippen LogP contribution in [0.1, 0.15) is 13.3 Å². The van der Waals surface area contributed by atoms with E-state index in [1.807, 2.05) is 24.2 Å². The molecule has 9 nitrogen and oxygen atoms in total. The summed E-state index contributed by atoms with van der Waals surface area (Å²) in [5.41, 5.74) is 1.83. The minimum Gasteiger partial charge on any atom is -0.481 e. The van der Waals surface area contributed by atoms with Gasteiger partial charge in [0.05, 0.1) is 30.7 Å². The van der Waals surface area contributed by atoms with Gasteiger partial charge in [-0.1, -0.05) is 0 Å². The number of rotatable bonds is 1. The number of aliphatic carboxylic acids is 1. The molecule has 2 saturated heterocycles. The molecule has 9 heteroatoms. The average Bonchev–Trinajstić information content (AvgIpc) is 3.17. The fourth-order valence-corrected chi connectivity index (χ4v) is 3.22. The van der Waals surface area contributed by atoms with Gasteiger partial charge in [0.15, 0.2) is 5.82 Å². The molecule has 4 heterocycles. The third-order valence-corrected chi connectivity index (χ3v) is 4.40. The van der Waals surface area contributed by atoms with Gasteiger partial charge >= 0.3 is 0 Å². The Hall–Kier alpha value is -2.68. The highest BCUT2D eigenvalue weighted by atomic mass is 16.5. The number of nitrogens with zero attached hydrogens (tertiary/aromatic N) is 4. The van der Waals surface area contributed by atoms with Gasteiger partial charge in [-0.3, -0.25) is 9.59 Å². The van der Waals surface area contributed by atoms with Crippen molar-refractivity contribution in [1.29, 1.82) is 0 Å². The van der Waals surface area contributed by atoms with Gasteiger partial charge in [0.2, 0.25) is 5.91 Å². The van der Waals surface area contributed by atoms with Crippen LogP contribution in [0, 0.1) is 0 Å². The monoisotopic (exact) mass is 347 g/mol. The van der Waals surface area contributed by atoms with Crippen LogP contribution in [0.4, 0.5) is 5.82 Å². The molecule has 25 heavy (non-hydrogen) atoms. The highest BCUT2D eigenvalue weighted by Gasteiger charge is 2.40. The lowest BCUT2D eigenvalue weighted by atomic mass is 10.2. The van der Waals surface area contributed by atoms with Crippen LogP contribution in [0.3, 0.4) is 0 Å². The predicted molar refractivity (Wildman–Crippen MR) is 90.3 cm³/mol. The van der Waals surface area contributed by atoms with Crippen molar-refractivity contribution in [3.63, 3.8) is 0 Å². The number of hydrogen-bond donors (Lipinski definition) is 2. The normalized spacial score (nSPS) is 23.0. The fourth-order valence-electron chi connectivity index (χ4n) is 3.22. The van der Waals surface area contributed by atoms with E-state index in [4.69, 9.17) is 14.6 Å². The molecule has 0 spiro atoms. The molecule has 0 bridgehead atoms. The van der Waals surface area contributed by atoms with Gasteiger partial charge in [-0.15, -0.1) is 0 Å². The molecule has 2 aromatic heterocycles. The summed E-state index contributed by atoms with van der Waals surface area (Å²) in [6.45, 7) is 3.06. The van der Waals surface area contributed by atoms with E-state index in [0.717, 1.165) is 36.9 Å². The topological polar surface area (TPSA) is 112 Å². The first-order valence-corrected chi connectivity index (χ1v) is 8.07. The third kappa shape index (κ3) is 3.55. The molecule has 0 aliphatic carbocycles. The molecule has 2 aliphatic rings. The Bertz CT molecular complexity index is 773. The van der Waals surface area contributed by atoms with Gasteiger partial charge < -0.3 is 24.6 Å². The standard InChI is InChI=1S/C14H17N5O2.C2H4O2/c1-18-10-6-19(7-11(10)21-5-3-12(18)20)14-13-9(2-4-15-13)16-8-17-14;1-2(3)4/h2,4,8,10-11,15H,3,5-7H2,1H3;1H3,(H,3,4)/t10-,11-;/m0./s1. The SMILES string of the molecule is CC(=O)O.CN1C(=O)CCO[C@H]2CN(c3ncnc4cc[nH]c34)C[C@@H]21. The number of likely N-dealkylation sites (N-methyl/N-ethyl adjacent to an activating group) is 1. The lowest BCUT2D eigenvalue weighted by Crippen LogP contribution is -2.42. The van der Waals surface area contributed by atoms with E-state index in [1.165, 1.54) is 0 Å². The molecule has 0 aromatic carbocycles.